The lowest BCUT2D eigenvalue weighted by Gasteiger charge is -2.34. The molecule has 4 heteroatoms. The summed E-state index contributed by atoms with van der Waals surface area (Å²) in [6, 6.07) is 6.25. The molecule has 2 rings (SSSR count). The third-order valence-electron chi connectivity index (χ3n) is 4.77. The summed E-state index contributed by atoms with van der Waals surface area (Å²) >= 11 is 0. The molecule has 0 unspecified atom stereocenters. The van der Waals surface area contributed by atoms with Gasteiger partial charge in [0.1, 0.15) is 5.75 Å². The first-order chi connectivity index (χ1) is 11.4. The number of piperidine rings is 1. The van der Waals surface area contributed by atoms with E-state index in [1.165, 1.54) is 6.42 Å². The number of ether oxygens (including phenoxy) is 1. The number of hydrogen-bond donors (Lipinski definition) is 1. The Morgan fingerprint density at radius 2 is 2.12 bits per heavy atom. The molecule has 0 aromatic heterocycles. The molecule has 1 aromatic carbocycles. The normalized spacial score (nSPS) is 19.4. The highest BCUT2D eigenvalue weighted by atomic mass is 16.5. The van der Waals surface area contributed by atoms with E-state index in [2.05, 4.69) is 38.2 Å². The van der Waals surface area contributed by atoms with E-state index in [1.807, 2.05) is 24.9 Å². The van der Waals surface area contributed by atoms with E-state index < -0.39 is 6.10 Å². The Morgan fingerprint density at radius 3 is 2.79 bits per heavy atom. The molecular weight excluding hydrogens is 300 g/mol. The maximum absolute atomic E-state index is 12.8. The summed E-state index contributed by atoms with van der Waals surface area (Å²) in [6.45, 7) is 10.9. The lowest BCUT2D eigenvalue weighted by molar-refractivity contribution is -0.139. The van der Waals surface area contributed by atoms with Gasteiger partial charge in [-0.1, -0.05) is 26.0 Å². The molecule has 134 valence electrons. The van der Waals surface area contributed by atoms with E-state index in [9.17, 15) is 4.79 Å². The molecule has 1 amide bonds. The summed E-state index contributed by atoms with van der Waals surface area (Å²) in [5, 5.41) is 3.22. The first kappa shape index (κ1) is 18.8. The van der Waals surface area contributed by atoms with Crippen LogP contribution in [0, 0.1) is 12.8 Å². The van der Waals surface area contributed by atoms with Gasteiger partial charge in [-0.25, -0.2) is 0 Å². The zero-order valence-electron chi connectivity index (χ0n) is 15.8. The van der Waals surface area contributed by atoms with E-state index in [4.69, 9.17) is 4.74 Å². The van der Waals surface area contributed by atoms with E-state index >= 15 is 0 Å². The predicted octanol–water partition coefficient (Wildman–Crippen LogP) is 3.34. The summed E-state index contributed by atoms with van der Waals surface area (Å²) < 4.78 is 6.09. The number of nitrogens with one attached hydrogen (secondary N) is 1. The molecular formula is C20H32N2O2. The number of benzene rings is 1. The van der Waals surface area contributed by atoms with Gasteiger partial charge in [0.25, 0.3) is 5.91 Å². The molecule has 2 atom stereocenters. The van der Waals surface area contributed by atoms with Crippen LogP contribution in [-0.2, 0) is 4.79 Å². The Kier molecular flexibility index (Phi) is 6.67. The third kappa shape index (κ3) is 4.73. The second kappa shape index (κ2) is 8.52. The first-order valence-electron chi connectivity index (χ1n) is 9.13. The second-order valence-electron chi connectivity index (χ2n) is 7.31. The van der Waals surface area contributed by atoms with Gasteiger partial charge in [-0.15, -0.1) is 0 Å². The molecule has 1 aliphatic rings. The van der Waals surface area contributed by atoms with E-state index in [0.29, 0.717) is 11.8 Å². The minimum atomic E-state index is -0.447. The molecule has 0 radical (unpaired) electrons. The molecule has 1 N–H and O–H groups in total. The number of carbonyl (C=O) groups is 1. The topological polar surface area (TPSA) is 41.6 Å². The fourth-order valence-corrected chi connectivity index (χ4v) is 3.44. The van der Waals surface area contributed by atoms with Crippen molar-refractivity contribution in [3.63, 3.8) is 0 Å². The highest BCUT2D eigenvalue weighted by Gasteiger charge is 2.28. The van der Waals surface area contributed by atoms with Crippen molar-refractivity contribution < 1.29 is 9.53 Å². The highest BCUT2D eigenvalue weighted by Crippen LogP contribution is 2.29. The number of rotatable bonds is 6. The predicted molar refractivity (Wildman–Crippen MR) is 98.6 cm³/mol. The number of hydrogen-bond acceptors (Lipinski definition) is 3. The largest absolute Gasteiger partial charge is 0.481 e. The zero-order valence-corrected chi connectivity index (χ0v) is 15.8. The SMILES string of the molecule is CNC[C@H]1CCCN(C(=O)[C@H](C)Oc2cc(C)ccc2C(C)C)C1. The standard InChI is InChI=1S/C20H32N2O2/c1-14(2)18-9-8-15(3)11-19(18)24-16(4)20(23)22-10-6-7-17(13-22)12-21-5/h8-9,11,14,16-17,21H,6-7,10,12-13H2,1-5H3/t16-,17+/m0/s1. The van der Waals surface area contributed by atoms with Crippen molar-refractivity contribution in [2.45, 2.75) is 52.6 Å². The summed E-state index contributed by atoms with van der Waals surface area (Å²) in [5.74, 6) is 1.87. The average molecular weight is 332 g/mol. The lowest BCUT2D eigenvalue weighted by Crippen LogP contribution is -2.47. The molecule has 1 aromatic rings. The number of aryl methyl sites for hydroxylation is 1. The monoisotopic (exact) mass is 332 g/mol. The van der Waals surface area contributed by atoms with Crippen molar-refractivity contribution in [2.24, 2.45) is 5.92 Å². The first-order valence-corrected chi connectivity index (χ1v) is 9.13. The zero-order chi connectivity index (χ0) is 17.7. The van der Waals surface area contributed by atoms with Crippen molar-refractivity contribution in [1.82, 2.24) is 10.2 Å². The van der Waals surface area contributed by atoms with Crippen molar-refractivity contribution in [3.8, 4) is 5.75 Å². The smallest absolute Gasteiger partial charge is 0.263 e. The molecule has 0 spiro atoms. The van der Waals surface area contributed by atoms with Crippen LogP contribution in [-0.4, -0.2) is 43.6 Å². The van der Waals surface area contributed by atoms with E-state index in [0.717, 1.165) is 42.9 Å². The summed E-state index contributed by atoms with van der Waals surface area (Å²) in [7, 11) is 1.97. The molecule has 1 heterocycles. The number of nitrogens with zero attached hydrogens (tertiary/aromatic N) is 1. The fraction of sp³-hybridized carbons (Fsp3) is 0.650. The maximum atomic E-state index is 12.8. The Morgan fingerprint density at radius 1 is 1.38 bits per heavy atom. The average Bonchev–Trinajstić information content (AvgIpc) is 2.54. The van der Waals surface area contributed by atoms with E-state index in [-0.39, 0.29) is 5.91 Å². The van der Waals surface area contributed by atoms with Gasteiger partial charge in [0, 0.05) is 13.1 Å². The summed E-state index contributed by atoms with van der Waals surface area (Å²) in [4.78, 5) is 14.8. The van der Waals surface area contributed by atoms with Crippen LogP contribution in [0.15, 0.2) is 18.2 Å². The van der Waals surface area contributed by atoms with Crippen LogP contribution in [0.1, 0.15) is 50.7 Å². The minimum absolute atomic E-state index is 0.104. The second-order valence-corrected chi connectivity index (χ2v) is 7.31. The van der Waals surface area contributed by atoms with Crippen LogP contribution < -0.4 is 10.1 Å². The van der Waals surface area contributed by atoms with Gasteiger partial charge >= 0.3 is 0 Å². The Hall–Kier alpha value is -1.55. The number of amides is 1. The van der Waals surface area contributed by atoms with Gasteiger partial charge < -0.3 is 15.0 Å². The maximum Gasteiger partial charge on any atom is 0.263 e. The molecule has 1 aliphatic heterocycles. The Bertz CT molecular complexity index is 555. The Labute approximate surface area is 146 Å². The highest BCUT2D eigenvalue weighted by molar-refractivity contribution is 5.81. The van der Waals surface area contributed by atoms with Crippen molar-refractivity contribution in [3.05, 3.63) is 29.3 Å². The molecule has 1 fully saturated rings. The van der Waals surface area contributed by atoms with Crippen LogP contribution in [0.2, 0.25) is 0 Å². The van der Waals surface area contributed by atoms with Crippen molar-refractivity contribution in [1.29, 1.82) is 0 Å². The molecule has 0 saturated carbocycles. The molecule has 24 heavy (non-hydrogen) atoms. The van der Waals surface area contributed by atoms with Crippen LogP contribution in [0.3, 0.4) is 0 Å². The van der Waals surface area contributed by atoms with Crippen molar-refractivity contribution >= 4 is 5.91 Å². The van der Waals surface area contributed by atoms with Crippen LogP contribution in [0.5, 0.6) is 5.75 Å². The molecule has 1 saturated heterocycles. The third-order valence-corrected chi connectivity index (χ3v) is 4.77. The van der Waals surface area contributed by atoms with Gasteiger partial charge in [0.2, 0.25) is 0 Å². The minimum Gasteiger partial charge on any atom is -0.481 e. The number of carbonyl (C=O) groups excluding carboxylic acids is 1. The van der Waals surface area contributed by atoms with E-state index in [1.54, 1.807) is 0 Å². The van der Waals surface area contributed by atoms with Crippen LogP contribution in [0.25, 0.3) is 0 Å². The Balaban J connectivity index is 2.05. The molecule has 4 nitrogen and oxygen atoms in total. The lowest BCUT2D eigenvalue weighted by atomic mass is 9.97. The van der Waals surface area contributed by atoms with Crippen LogP contribution in [0.4, 0.5) is 0 Å². The number of likely N-dealkylation sites (tertiary alicyclic amines) is 1. The quantitative estimate of drug-likeness (QED) is 0.869. The molecule has 0 bridgehead atoms. The molecule has 0 aliphatic carbocycles. The summed E-state index contributed by atoms with van der Waals surface area (Å²) in [6.07, 6.45) is 1.82. The van der Waals surface area contributed by atoms with Gasteiger partial charge in [-0.3, -0.25) is 4.79 Å². The van der Waals surface area contributed by atoms with Gasteiger partial charge in [0.15, 0.2) is 6.10 Å². The van der Waals surface area contributed by atoms with Gasteiger partial charge in [0.05, 0.1) is 0 Å². The van der Waals surface area contributed by atoms with Gasteiger partial charge in [-0.2, -0.15) is 0 Å². The van der Waals surface area contributed by atoms with Crippen LogP contribution >= 0.6 is 0 Å². The van der Waals surface area contributed by atoms with Crippen molar-refractivity contribution in [2.75, 3.05) is 26.7 Å². The summed E-state index contributed by atoms with van der Waals surface area (Å²) in [5.41, 5.74) is 2.31. The van der Waals surface area contributed by atoms with Gasteiger partial charge in [-0.05, 0) is 69.3 Å². The fourth-order valence-electron chi connectivity index (χ4n) is 3.44.